The summed E-state index contributed by atoms with van der Waals surface area (Å²) in [5.41, 5.74) is 6.28. The van der Waals surface area contributed by atoms with Gasteiger partial charge in [0.1, 0.15) is 0 Å². The Hall–Kier alpha value is -1.62. The molecule has 0 aliphatic rings. The lowest BCUT2D eigenvalue weighted by molar-refractivity contribution is -0.165. The van der Waals surface area contributed by atoms with Crippen LogP contribution in [0.15, 0.2) is 30.3 Å². The number of esters is 1. The molecule has 0 spiro atoms. The number of carbonyl (C=O) groups is 1. The molecule has 1 rings (SSSR count). The van der Waals surface area contributed by atoms with Crippen LogP contribution in [-0.2, 0) is 14.3 Å². The Balaban J connectivity index is 2.82. The third kappa shape index (κ3) is 4.40. The maximum Gasteiger partial charge on any atom is 0.305 e. The first-order chi connectivity index (χ1) is 8.00. The summed E-state index contributed by atoms with van der Waals surface area (Å²) in [6.45, 7) is 3.19. The van der Waals surface area contributed by atoms with E-state index in [0.717, 1.165) is 5.56 Å². The zero-order chi connectivity index (χ0) is 12.8. The van der Waals surface area contributed by atoms with Gasteiger partial charge >= 0.3 is 5.97 Å². The van der Waals surface area contributed by atoms with Crippen molar-refractivity contribution in [1.82, 2.24) is 0 Å². The summed E-state index contributed by atoms with van der Waals surface area (Å²) in [6, 6.07) is 9.55. The summed E-state index contributed by atoms with van der Waals surface area (Å²) in [7, 11) is 0. The number of nitrogens with two attached hydrogens (primary N) is 1. The Labute approximate surface area is 106 Å². The first kappa shape index (κ1) is 13.4. The second kappa shape index (κ2) is 6.20. The molecule has 0 saturated carbocycles. The van der Waals surface area contributed by atoms with Crippen molar-refractivity contribution in [3.05, 3.63) is 35.9 Å². The van der Waals surface area contributed by atoms with E-state index < -0.39 is 12.3 Å². The second-order valence-corrected chi connectivity index (χ2v) is 4.02. The van der Waals surface area contributed by atoms with E-state index in [1.807, 2.05) is 37.3 Å². The van der Waals surface area contributed by atoms with Gasteiger partial charge in [0.2, 0.25) is 0 Å². The predicted octanol–water partition coefficient (Wildman–Crippen LogP) is 1.94. The minimum absolute atomic E-state index is 0.140. The van der Waals surface area contributed by atoms with E-state index in [1.54, 1.807) is 0 Å². The number of carbonyl (C=O) groups excluding carboxylic acids is 1. The molecule has 0 amide bonds. The first-order valence-electron chi connectivity index (χ1n) is 5.19. The van der Waals surface area contributed by atoms with Crippen molar-refractivity contribution in [2.75, 3.05) is 0 Å². The van der Waals surface area contributed by atoms with Crippen molar-refractivity contribution < 1.29 is 14.3 Å². The van der Waals surface area contributed by atoms with Crippen molar-refractivity contribution in [2.45, 2.75) is 26.1 Å². The minimum Gasteiger partial charge on any atom is -0.430 e. The maximum absolute atomic E-state index is 11.0. The molecule has 0 radical (unpaired) electrons. The average Bonchev–Trinajstić information content (AvgIpc) is 2.27. The van der Waals surface area contributed by atoms with Gasteiger partial charge in [-0.1, -0.05) is 37.3 Å². The van der Waals surface area contributed by atoms with Gasteiger partial charge in [-0.3, -0.25) is 4.79 Å². The molecule has 5 heteroatoms. The standard InChI is InChI=1S/C12H15NO3S/c1-8(10-6-4-3-5-7-10)11(15-9(2)14)16-12(13)17/h3-8,11H,1-2H3,(H2,13,17). The van der Waals surface area contributed by atoms with Gasteiger partial charge in [0.25, 0.3) is 11.5 Å². The Kier molecular flexibility index (Phi) is 4.90. The van der Waals surface area contributed by atoms with Gasteiger partial charge in [-0.25, -0.2) is 0 Å². The van der Waals surface area contributed by atoms with Crippen LogP contribution in [-0.4, -0.2) is 17.4 Å². The maximum atomic E-state index is 11.0. The van der Waals surface area contributed by atoms with Crippen LogP contribution in [0.2, 0.25) is 0 Å². The molecule has 92 valence electrons. The molecule has 0 heterocycles. The first-order valence-corrected chi connectivity index (χ1v) is 5.59. The SMILES string of the molecule is CC(=O)OC(OC(N)=S)C(C)c1ccccc1. The second-order valence-electron chi connectivity index (χ2n) is 3.61. The van der Waals surface area contributed by atoms with Crippen LogP contribution in [0.5, 0.6) is 0 Å². The molecule has 2 atom stereocenters. The molecule has 1 aromatic rings. The van der Waals surface area contributed by atoms with Crippen molar-refractivity contribution >= 4 is 23.4 Å². The molecular formula is C12H15NO3S. The van der Waals surface area contributed by atoms with Gasteiger partial charge in [-0.05, 0) is 17.8 Å². The average molecular weight is 253 g/mol. The number of thiocarbonyl (C=S) groups is 1. The summed E-state index contributed by atoms with van der Waals surface area (Å²) in [5, 5.41) is -0.140. The zero-order valence-corrected chi connectivity index (χ0v) is 10.6. The highest BCUT2D eigenvalue weighted by Crippen LogP contribution is 2.22. The van der Waals surface area contributed by atoms with Crippen LogP contribution in [0, 0.1) is 0 Å². The van der Waals surface area contributed by atoms with Crippen LogP contribution in [0.25, 0.3) is 0 Å². The van der Waals surface area contributed by atoms with Crippen LogP contribution < -0.4 is 5.73 Å². The normalized spacial score (nSPS) is 13.5. The third-order valence-electron chi connectivity index (χ3n) is 2.25. The quantitative estimate of drug-likeness (QED) is 0.505. The molecule has 17 heavy (non-hydrogen) atoms. The van der Waals surface area contributed by atoms with E-state index >= 15 is 0 Å². The van der Waals surface area contributed by atoms with Crippen molar-refractivity contribution in [2.24, 2.45) is 5.73 Å². The number of benzene rings is 1. The molecule has 0 aromatic heterocycles. The van der Waals surface area contributed by atoms with Crippen LogP contribution in [0.4, 0.5) is 0 Å². The summed E-state index contributed by atoms with van der Waals surface area (Å²) < 4.78 is 10.2. The monoisotopic (exact) mass is 253 g/mol. The summed E-state index contributed by atoms with van der Waals surface area (Å²) in [6.07, 6.45) is -0.799. The van der Waals surface area contributed by atoms with E-state index in [4.69, 9.17) is 15.2 Å². The molecule has 0 aliphatic heterocycles. The fraction of sp³-hybridized carbons (Fsp3) is 0.333. The van der Waals surface area contributed by atoms with Gasteiger partial charge in [0, 0.05) is 6.92 Å². The van der Waals surface area contributed by atoms with Gasteiger partial charge in [-0.2, -0.15) is 0 Å². The highest BCUT2D eigenvalue weighted by Gasteiger charge is 2.23. The van der Waals surface area contributed by atoms with Crippen LogP contribution in [0.3, 0.4) is 0 Å². The molecule has 0 fully saturated rings. The van der Waals surface area contributed by atoms with Crippen molar-refractivity contribution in [3.63, 3.8) is 0 Å². The molecule has 4 nitrogen and oxygen atoms in total. The van der Waals surface area contributed by atoms with Gasteiger partial charge in [0.05, 0.1) is 5.92 Å². The number of hydrogen-bond donors (Lipinski definition) is 1. The molecular weight excluding hydrogens is 238 g/mol. The fourth-order valence-corrected chi connectivity index (χ4v) is 1.51. The third-order valence-corrected chi connectivity index (χ3v) is 2.34. The van der Waals surface area contributed by atoms with Crippen LogP contribution >= 0.6 is 12.2 Å². The van der Waals surface area contributed by atoms with E-state index in [-0.39, 0.29) is 11.1 Å². The predicted molar refractivity (Wildman–Crippen MR) is 68.3 cm³/mol. The highest BCUT2D eigenvalue weighted by atomic mass is 32.1. The molecule has 2 unspecified atom stereocenters. The lowest BCUT2D eigenvalue weighted by Crippen LogP contribution is -2.31. The number of ether oxygens (including phenoxy) is 2. The Bertz CT molecular complexity index is 378. The largest absolute Gasteiger partial charge is 0.430 e. The van der Waals surface area contributed by atoms with Crippen molar-refractivity contribution in [3.8, 4) is 0 Å². The van der Waals surface area contributed by atoms with E-state index in [2.05, 4.69) is 12.2 Å². The van der Waals surface area contributed by atoms with E-state index in [1.165, 1.54) is 6.92 Å². The number of rotatable bonds is 4. The Morgan fingerprint density at radius 1 is 1.29 bits per heavy atom. The smallest absolute Gasteiger partial charge is 0.305 e. The lowest BCUT2D eigenvalue weighted by atomic mass is 10.0. The van der Waals surface area contributed by atoms with Gasteiger partial charge in [-0.15, -0.1) is 0 Å². The fourth-order valence-electron chi connectivity index (χ4n) is 1.42. The molecule has 1 aromatic carbocycles. The van der Waals surface area contributed by atoms with E-state index in [9.17, 15) is 4.79 Å². The molecule has 0 bridgehead atoms. The highest BCUT2D eigenvalue weighted by molar-refractivity contribution is 7.80. The Morgan fingerprint density at radius 3 is 2.35 bits per heavy atom. The molecule has 0 saturated heterocycles. The van der Waals surface area contributed by atoms with Gasteiger partial charge < -0.3 is 15.2 Å². The lowest BCUT2D eigenvalue weighted by Gasteiger charge is -2.23. The zero-order valence-electron chi connectivity index (χ0n) is 9.75. The van der Waals surface area contributed by atoms with Gasteiger partial charge in [0.15, 0.2) is 0 Å². The van der Waals surface area contributed by atoms with E-state index in [0.29, 0.717) is 0 Å². The summed E-state index contributed by atoms with van der Waals surface area (Å²) >= 11 is 4.66. The molecule has 0 aliphatic carbocycles. The molecule has 2 N–H and O–H groups in total. The summed E-state index contributed by atoms with van der Waals surface area (Å²) in [5.74, 6) is -0.587. The topological polar surface area (TPSA) is 61.5 Å². The number of hydrogen-bond acceptors (Lipinski definition) is 4. The minimum atomic E-state index is -0.799. The summed E-state index contributed by atoms with van der Waals surface area (Å²) in [4.78, 5) is 11.0. The van der Waals surface area contributed by atoms with Crippen molar-refractivity contribution in [1.29, 1.82) is 0 Å². The Morgan fingerprint density at radius 2 is 1.88 bits per heavy atom. The van der Waals surface area contributed by atoms with Crippen LogP contribution in [0.1, 0.15) is 25.3 Å².